The molecule has 1 atom stereocenters. The second-order valence-electron chi connectivity index (χ2n) is 3.92. The van der Waals surface area contributed by atoms with Crippen molar-refractivity contribution in [3.63, 3.8) is 0 Å². The summed E-state index contributed by atoms with van der Waals surface area (Å²) in [5.41, 5.74) is 0.655. The molecule has 0 unspecified atom stereocenters. The van der Waals surface area contributed by atoms with E-state index in [4.69, 9.17) is 10.1 Å². The smallest absolute Gasteiger partial charge is 0.218 e. The van der Waals surface area contributed by atoms with Crippen LogP contribution in [-0.4, -0.2) is 17.6 Å². The van der Waals surface area contributed by atoms with Crippen molar-refractivity contribution in [1.29, 1.82) is 5.41 Å². The molecule has 1 aliphatic rings. The van der Waals surface area contributed by atoms with Gasteiger partial charge in [0.25, 0.3) is 0 Å². The van der Waals surface area contributed by atoms with Crippen LogP contribution >= 0.6 is 15.9 Å². The van der Waals surface area contributed by atoms with E-state index >= 15 is 0 Å². The summed E-state index contributed by atoms with van der Waals surface area (Å²) < 4.78 is 6.14. The Bertz CT molecular complexity index is 433. The molecule has 0 saturated carbocycles. The molecule has 0 heterocycles. The summed E-state index contributed by atoms with van der Waals surface area (Å²) >= 11 is 3.40. The quantitative estimate of drug-likeness (QED) is 0.648. The Balaban J connectivity index is 2.38. The molecule has 2 rings (SSSR count). The predicted molar refractivity (Wildman–Crippen MR) is 65.7 cm³/mol. The normalized spacial score (nSPS) is 22.9. The molecule has 0 fully saturated rings. The van der Waals surface area contributed by atoms with Gasteiger partial charge in [-0.25, -0.2) is 0 Å². The number of aryl methyl sites for hydroxylation is 1. The molecule has 0 aromatic heterocycles. The fourth-order valence-corrected chi connectivity index (χ4v) is 2.53. The average molecular weight is 284 g/mol. The minimum absolute atomic E-state index is 0.0453. The molecule has 3 nitrogen and oxygen atoms in total. The number of halogens is 1. The lowest BCUT2D eigenvalue weighted by Gasteiger charge is -2.24. The van der Waals surface area contributed by atoms with Gasteiger partial charge in [-0.15, -0.1) is 0 Å². The van der Waals surface area contributed by atoms with Gasteiger partial charge in [0.1, 0.15) is 0 Å². The first kappa shape index (κ1) is 11.6. The summed E-state index contributed by atoms with van der Waals surface area (Å²) in [5, 5.41) is 18.3. The van der Waals surface area contributed by atoms with Crippen molar-refractivity contribution in [1.82, 2.24) is 0 Å². The van der Waals surface area contributed by atoms with E-state index in [0.29, 0.717) is 13.0 Å². The Morgan fingerprint density at radius 2 is 2.38 bits per heavy atom. The number of aliphatic hydroxyl groups is 1. The molecule has 0 amide bonds. The maximum Gasteiger partial charge on any atom is 0.218 e. The highest BCUT2D eigenvalue weighted by Crippen LogP contribution is 2.39. The van der Waals surface area contributed by atoms with Crippen LogP contribution in [-0.2, 0) is 16.8 Å². The first-order valence-corrected chi connectivity index (χ1v) is 6.10. The third-order valence-corrected chi connectivity index (χ3v) is 3.43. The molecule has 0 radical (unpaired) electrons. The van der Waals surface area contributed by atoms with Crippen LogP contribution in [0, 0.1) is 5.41 Å². The summed E-state index contributed by atoms with van der Waals surface area (Å²) in [6.45, 7) is 2.22. The van der Waals surface area contributed by atoms with Crippen LogP contribution in [0.25, 0.3) is 0 Å². The van der Waals surface area contributed by atoms with Crippen LogP contribution < -0.4 is 0 Å². The monoisotopic (exact) mass is 283 g/mol. The number of benzene rings is 1. The Morgan fingerprint density at radius 1 is 1.62 bits per heavy atom. The van der Waals surface area contributed by atoms with Gasteiger partial charge in [-0.1, -0.05) is 22.0 Å². The minimum atomic E-state index is -1.23. The van der Waals surface area contributed by atoms with E-state index in [1.54, 1.807) is 0 Å². The predicted octanol–water partition coefficient (Wildman–Crippen LogP) is 2.60. The fourth-order valence-electron chi connectivity index (χ4n) is 2.12. The Kier molecular flexibility index (Phi) is 3.04. The van der Waals surface area contributed by atoms with Gasteiger partial charge in [-0.3, -0.25) is 5.41 Å². The number of nitrogens with one attached hydrogen (secondary N) is 1. The maximum absolute atomic E-state index is 10.5. The van der Waals surface area contributed by atoms with Crippen LogP contribution in [0.4, 0.5) is 0 Å². The average Bonchev–Trinajstić information content (AvgIpc) is 2.58. The Hall–Kier alpha value is -0.870. The minimum Gasteiger partial charge on any atom is -0.479 e. The second-order valence-corrected chi connectivity index (χ2v) is 4.84. The zero-order valence-corrected chi connectivity index (χ0v) is 10.7. The van der Waals surface area contributed by atoms with E-state index in [-0.39, 0.29) is 5.90 Å². The lowest BCUT2D eigenvalue weighted by Crippen LogP contribution is -2.34. The van der Waals surface area contributed by atoms with Crippen LogP contribution in [0.2, 0.25) is 0 Å². The van der Waals surface area contributed by atoms with Gasteiger partial charge in [0.2, 0.25) is 5.90 Å². The van der Waals surface area contributed by atoms with E-state index < -0.39 is 5.60 Å². The molecule has 2 N–H and O–H groups in total. The third-order valence-electron chi connectivity index (χ3n) is 2.93. The van der Waals surface area contributed by atoms with E-state index in [1.807, 2.05) is 25.1 Å². The lowest BCUT2D eigenvalue weighted by atomic mass is 9.96. The summed E-state index contributed by atoms with van der Waals surface area (Å²) in [6.07, 6.45) is 1.30. The van der Waals surface area contributed by atoms with E-state index in [2.05, 4.69) is 15.9 Å². The summed E-state index contributed by atoms with van der Waals surface area (Å²) in [7, 11) is 0. The van der Waals surface area contributed by atoms with Crippen molar-refractivity contribution >= 4 is 21.8 Å². The SMILES string of the molecule is CCOC(=N)[C@@]1(O)CCc2cc(Br)ccc21. The van der Waals surface area contributed by atoms with Crippen LogP contribution in [0.1, 0.15) is 24.5 Å². The number of rotatable bonds is 2. The first-order chi connectivity index (χ1) is 7.58. The summed E-state index contributed by atoms with van der Waals surface area (Å²) in [5.74, 6) is -0.0453. The van der Waals surface area contributed by atoms with Gasteiger partial charge >= 0.3 is 0 Å². The maximum atomic E-state index is 10.5. The zero-order chi connectivity index (χ0) is 11.8. The Labute approximate surface area is 103 Å². The number of fused-ring (bicyclic) bond motifs is 1. The second kappa shape index (κ2) is 4.18. The molecule has 1 aromatic rings. The summed E-state index contributed by atoms with van der Waals surface area (Å²) in [6, 6.07) is 5.74. The third kappa shape index (κ3) is 1.76. The molecule has 0 bridgehead atoms. The van der Waals surface area contributed by atoms with Crippen molar-refractivity contribution in [2.24, 2.45) is 0 Å². The van der Waals surface area contributed by atoms with Gasteiger partial charge in [0, 0.05) is 4.47 Å². The first-order valence-electron chi connectivity index (χ1n) is 5.31. The molecule has 1 aliphatic carbocycles. The molecule has 86 valence electrons. The molecular formula is C12H14BrNO2. The van der Waals surface area contributed by atoms with Crippen LogP contribution in [0.5, 0.6) is 0 Å². The Morgan fingerprint density at radius 3 is 3.06 bits per heavy atom. The molecule has 4 heteroatoms. The molecule has 0 spiro atoms. The van der Waals surface area contributed by atoms with Crippen molar-refractivity contribution in [2.75, 3.05) is 6.61 Å². The lowest BCUT2D eigenvalue weighted by molar-refractivity contribution is 0.0782. The number of ether oxygens (including phenoxy) is 1. The van der Waals surface area contributed by atoms with Crippen molar-refractivity contribution in [2.45, 2.75) is 25.4 Å². The highest BCUT2D eigenvalue weighted by atomic mass is 79.9. The van der Waals surface area contributed by atoms with E-state index in [1.165, 1.54) is 0 Å². The van der Waals surface area contributed by atoms with Gasteiger partial charge in [-0.2, -0.15) is 0 Å². The molecule has 0 aliphatic heterocycles. The van der Waals surface area contributed by atoms with Gasteiger partial charge in [0.15, 0.2) is 5.60 Å². The molecule has 0 saturated heterocycles. The standard InChI is InChI=1S/C12H14BrNO2/c1-2-16-11(14)12(15)6-5-8-7-9(13)3-4-10(8)12/h3-4,7,14-15H,2,5-6H2,1H3/t12-/m1/s1. The number of hydrogen-bond acceptors (Lipinski definition) is 3. The van der Waals surface area contributed by atoms with Crippen LogP contribution in [0.15, 0.2) is 22.7 Å². The zero-order valence-electron chi connectivity index (χ0n) is 9.09. The van der Waals surface area contributed by atoms with Crippen molar-refractivity contribution in [3.8, 4) is 0 Å². The van der Waals surface area contributed by atoms with Crippen molar-refractivity contribution < 1.29 is 9.84 Å². The molecule has 1 aromatic carbocycles. The number of hydrogen-bond donors (Lipinski definition) is 2. The highest BCUT2D eigenvalue weighted by molar-refractivity contribution is 9.10. The highest BCUT2D eigenvalue weighted by Gasteiger charge is 2.42. The van der Waals surface area contributed by atoms with Crippen LogP contribution in [0.3, 0.4) is 0 Å². The van der Waals surface area contributed by atoms with Gasteiger partial charge < -0.3 is 9.84 Å². The van der Waals surface area contributed by atoms with Gasteiger partial charge in [0.05, 0.1) is 6.61 Å². The van der Waals surface area contributed by atoms with E-state index in [0.717, 1.165) is 22.0 Å². The molecule has 16 heavy (non-hydrogen) atoms. The fraction of sp³-hybridized carbons (Fsp3) is 0.417. The summed E-state index contributed by atoms with van der Waals surface area (Å²) in [4.78, 5) is 0. The van der Waals surface area contributed by atoms with Gasteiger partial charge in [-0.05, 0) is 43.0 Å². The largest absolute Gasteiger partial charge is 0.479 e. The molecular weight excluding hydrogens is 270 g/mol. The topological polar surface area (TPSA) is 53.3 Å². The van der Waals surface area contributed by atoms with E-state index in [9.17, 15) is 5.11 Å². The van der Waals surface area contributed by atoms with Crippen molar-refractivity contribution in [3.05, 3.63) is 33.8 Å².